The number of halogens is 2. The predicted molar refractivity (Wildman–Crippen MR) is 81.8 cm³/mol. The van der Waals surface area contributed by atoms with Gasteiger partial charge < -0.3 is 4.90 Å². The Balaban J connectivity index is 1.59. The summed E-state index contributed by atoms with van der Waals surface area (Å²) in [6.45, 7) is 3.30. The molecular formula is C17H17F2N3O. The lowest BCUT2D eigenvalue weighted by Gasteiger charge is -2.34. The molecule has 0 atom stereocenters. The van der Waals surface area contributed by atoms with Gasteiger partial charge in [-0.05, 0) is 23.8 Å². The van der Waals surface area contributed by atoms with Crippen molar-refractivity contribution in [2.75, 3.05) is 26.2 Å². The van der Waals surface area contributed by atoms with Gasteiger partial charge in [0.2, 0.25) is 0 Å². The summed E-state index contributed by atoms with van der Waals surface area (Å²) in [5.41, 5.74) is 1.18. The summed E-state index contributed by atoms with van der Waals surface area (Å²) in [5.74, 6) is -1.79. The number of rotatable bonds is 3. The number of hydrogen-bond acceptors (Lipinski definition) is 3. The minimum absolute atomic E-state index is 0.0585. The summed E-state index contributed by atoms with van der Waals surface area (Å²) >= 11 is 0. The molecule has 0 unspecified atom stereocenters. The van der Waals surface area contributed by atoms with Crippen LogP contribution in [0.15, 0.2) is 42.7 Å². The number of amides is 1. The minimum atomic E-state index is -0.733. The molecule has 2 heterocycles. The van der Waals surface area contributed by atoms with E-state index in [9.17, 15) is 13.6 Å². The molecule has 0 aliphatic carbocycles. The molecule has 1 aliphatic heterocycles. The van der Waals surface area contributed by atoms with Crippen LogP contribution in [0.3, 0.4) is 0 Å². The van der Waals surface area contributed by atoms with Crippen molar-refractivity contribution in [3.8, 4) is 0 Å². The second-order valence-corrected chi connectivity index (χ2v) is 5.59. The number of benzene rings is 1. The highest BCUT2D eigenvalue weighted by atomic mass is 19.1. The molecule has 3 rings (SSSR count). The highest BCUT2D eigenvalue weighted by Crippen LogP contribution is 2.13. The van der Waals surface area contributed by atoms with Crippen molar-refractivity contribution < 1.29 is 13.6 Å². The van der Waals surface area contributed by atoms with Crippen LogP contribution < -0.4 is 0 Å². The highest BCUT2D eigenvalue weighted by Gasteiger charge is 2.23. The average Bonchev–Trinajstić information content (AvgIpc) is 2.55. The third-order valence-electron chi connectivity index (χ3n) is 3.90. The summed E-state index contributed by atoms with van der Waals surface area (Å²) < 4.78 is 26.5. The van der Waals surface area contributed by atoms with Crippen LogP contribution in [0.4, 0.5) is 8.78 Å². The number of pyridine rings is 1. The van der Waals surface area contributed by atoms with Crippen LogP contribution in [-0.4, -0.2) is 46.9 Å². The largest absolute Gasteiger partial charge is 0.336 e. The first-order valence-electron chi connectivity index (χ1n) is 7.48. The molecule has 6 heteroatoms. The number of carbonyl (C=O) groups excluding carboxylic acids is 1. The molecule has 0 radical (unpaired) electrons. The third-order valence-corrected chi connectivity index (χ3v) is 3.90. The van der Waals surface area contributed by atoms with E-state index in [1.165, 1.54) is 0 Å². The quantitative estimate of drug-likeness (QED) is 0.872. The van der Waals surface area contributed by atoms with E-state index in [0.29, 0.717) is 13.1 Å². The van der Waals surface area contributed by atoms with Crippen molar-refractivity contribution in [3.05, 3.63) is 65.5 Å². The number of aromatic nitrogens is 1. The second-order valence-electron chi connectivity index (χ2n) is 5.59. The number of piperazine rings is 1. The standard InChI is InChI=1S/C17H17F2N3O/c18-15-8-14(9-16(19)10-15)17(23)22-6-4-21(5-7-22)12-13-2-1-3-20-11-13/h1-3,8-11H,4-7,12H2. The molecule has 23 heavy (non-hydrogen) atoms. The molecule has 0 bridgehead atoms. The van der Waals surface area contributed by atoms with Gasteiger partial charge in [-0.15, -0.1) is 0 Å². The van der Waals surface area contributed by atoms with E-state index in [4.69, 9.17) is 0 Å². The van der Waals surface area contributed by atoms with Gasteiger partial charge in [0, 0.05) is 56.7 Å². The van der Waals surface area contributed by atoms with E-state index in [1.807, 2.05) is 18.3 Å². The Bertz CT molecular complexity index is 665. The van der Waals surface area contributed by atoms with Gasteiger partial charge in [-0.25, -0.2) is 8.78 Å². The van der Waals surface area contributed by atoms with E-state index >= 15 is 0 Å². The molecule has 1 amide bonds. The monoisotopic (exact) mass is 317 g/mol. The predicted octanol–water partition coefficient (Wildman–Crippen LogP) is 2.32. The smallest absolute Gasteiger partial charge is 0.254 e. The van der Waals surface area contributed by atoms with Crippen molar-refractivity contribution in [2.24, 2.45) is 0 Å². The summed E-state index contributed by atoms with van der Waals surface area (Å²) in [6.07, 6.45) is 3.56. The Labute approximate surface area is 133 Å². The van der Waals surface area contributed by atoms with Crippen LogP contribution in [0.1, 0.15) is 15.9 Å². The van der Waals surface area contributed by atoms with Gasteiger partial charge in [0.15, 0.2) is 0 Å². The van der Waals surface area contributed by atoms with E-state index in [1.54, 1.807) is 11.1 Å². The lowest BCUT2D eigenvalue weighted by atomic mass is 10.1. The average molecular weight is 317 g/mol. The van der Waals surface area contributed by atoms with Crippen LogP contribution in [0.2, 0.25) is 0 Å². The zero-order valence-corrected chi connectivity index (χ0v) is 12.6. The molecule has 0 saturated carbocycles. The Morgan fingerprint density at radius 2 is 1.78 bits per heavy atom. The Morgan fingerprint density at radius 1 is 1.09 bits per heavy atom. The first-order chi connectivity index (χ1) is 11.1. The van der Waals surface area contributed by atoms with Gasteiger partial charge in [0.1, 0.15) is 11.6 Å². The van der Waals surface area contributed by atoms with Crippen molar-refractivity contribution >= 4 is 5.91 Å². The summed E-state index contributed by atoms with van der Waals surface area (Å²) in [4.78, 5) is 20.3. The molecule has 1 aliphatic rings. The van der Waals surface area contributed by atoms with E-state index in [2.05, 4.69) is 9.88 Å². The summed E-state index contributed by atoms with van der Waals surface area (Å²) in [7, 11) is 0. The first kappa shape index (κ1) is 15.6. The number of carbonyl (C=O) groups is 1. The van der Waals surface area contributed by atoms with Gasteiger partial charge >= 0.3 is 0 Å². The molecular weight excluding hydrogens is 300 g/mol. The number of nitrogens with zero attached hydrogens (tertiary/aromatic N) is 3. The Kier molecular flexibility index (Phi) is 4.62. The minimum Gasteiger partial charge on any atom is -0.336 e. The van der Waals surface area contributed by atoms with Crippen molar-refractivity contribution in [2.45, 2.75) is 6.54 Å². The van der Waals surface area contributed by atoms with Crippen LogP contribution >= 0.6 is 0 Å². The van der Waals surface area contributed by atoms with E-state index in [0.717, 1.165) is 43.4 Å². The van der Waals surface area contributed by atoms with Gasteiger partial charge in [-0.1, -0.05) is 6.07 Å². The van der Waals surface area contributed by atoms with Gasteiger partial charge in [0.05, 0.1) is 0 Å². The molecule has 120 valence electrons. The molecule has 2 aromatic rings. The van der Waals surface area contributed by atoms with E-state index < -0.39 is 11.6 Å². The highest BCUT2D eigenvalue weighted by molar-refractivity contribution is 5.94. The van der Waals surface area contributed by atoms with Crippen molar-refractivity contribution in [1.82, 2.24) is 14.8 Å². The molecule has 0 N–H and O–H groups in total. The lowest BCUT2D eigenvalue weighted by molar-refractivity contribution is 0.0627. The topological polar surface area (TPSA) is 36.4 Å². The molecule has 0 spiro atoms. The molecule has 1 aromatic heterocycles. The van der Waals surface area contributed by atoms with Crippen LogP contribution in [0.5, 0.6) is 0 Å². The maximum Gasteiger partial charge on any atom is 0.254 e. The van der Waals surface area contributed by atoms with Gasteiger partial charge in [0.25, 0.3) is 5.91 Å². The van der Waals surface area contributed by atoms with Crippen molar-refractivity contribution in [3.63, 3.8) is 0 Å². The molecule has 1 fully saturated rings. The van der Waals surface area contributed by atoms with Crippen LogP contribution in [-0.2, 0) is 6.54 Å². The SMILES string of the molecule is O=C(c1cc(F)cc(F)c1)N1CCN(Cc2cccnc2)CC1. The zero-order valence-electron chi connectivity index (χ0n) is 12.6. The van der Waals surface area contributed by atoms with Crippen LogP contribution in [0.25, 0.3) is 0 Å². The molecule has 1 aromatic carbocycles. The fourth-order valence-corrected chi connectivity index (χ4v) is 2.72. The zero-order chi connectivity index (χ0) is 16.2. The summed E-state index contributed by atoms with van der Waals surface area (Å²) in [5, 5.41) is 0. The number of hydrogen-bond donors (Lipinski definition) is 0. The summed E-state index contributed by atoms with van der Waals surface area (Å²) in [6, 6.07) is 6.83. The Hall–Kier alpha value is -2.34. The van der Waals surface area contributed by atoms with Crippen molar-refractivity contribution in [1.29, 1.82) is 0 Å². The maximum atomic E-state index is 13.2. The molecule has 1 saturated heterocycles. The fourth-order valence-electron chi connectivity index (χ4n) is 2.72. The first-order valence-corrected chi connectivity index (χ1v) is 7.48. The normalized spacial score (nSPS) is 15.7. The van der Waals surface area contributed by atoms with Gasteiger partial charge in [-0.3, -0.25) is 14.7 Å². The lowest BCUT2D eigenvalue weighted by Crippen LogP contribution is -2.48. The van der Waals surface area contributed by atoms with Crippen LogP contribution in [0, 0.1) is 11.6 Å². The Morgan fingerprint density at radius 3 is 2.39 bits per heavy atom. The third kappa shape index (κ3) is 3.90. The fraction of sp³-hybridized carbons (Fsp3) is 0.294. The maximum absolute atomic E-state index is 13.2. The second kappa shape index (κ2) is 6.83. The van der Waals surface area contributed by atoms with Gasteiger partial charge in [-0.2, -0.15) is 0 Å². The van der Waals surface area contributed by atoms with E-state index in [-0.39, 0.29) is 11.5 Å². The molecule has 4 nitrogen and oxygen atoms in total.